The van der Waals surface area contributed by atoms with Gasteiger partial charge < -0.3 is 4.90 Å². The number of nitrogens with zero attached hydrogens (tertiary/aromatic N) is 6. The normalized spacial score (nSPS) is 21.9. The zero-order valence-electron chi connectivity index (χ0n) is 15.6. The van der Waals surface area contributed by atoms with Crippen molar-refractivity contribution in [1.29, 1.82) is 0 Å². The van der Waals surface area contributed by atoms with Gasteiger partial charge in [0, 0.05) is 56.3 Å². The average Bonchev–Trinajstić information content (AvgIpc) is 3.36. The van der Waals surface area contributed by atoms with Crippen molar-refractivity contribution in [1.82, 2.24) is 24.6 Å². The molecule has 1 fully saturated rings. The fourth-order valence-electron chi connectivity index (χ4n) is 4.64. The Morgan fingerprint density at radius 2 is 1.96 bits per heavy atom. The maximum Gasteiger partial charge on any atom is 0.0729 e. The Morgan fingerprint density at radius 3 is 2.78 bits per heavy atom. The van der Waals surface area contributed by atoms with Crippen LogP contribution in [0.15, 0.2) is 55.1 Å². The SMILES string of the molecule is Cn1cc(CN2CC[C@@]3(C2)CN(Cc2ccccn2)c2cccnc23)cn1. The molecule has 0 aliphatic carbocycles. The molecule has 0 saturated carbocycles. The lowest BCUT2D eigenvalue weighted by molar-refractivity contribution is 0.305. The lowest BCUT2D eigenvalue weighted by Gasteiger charge is -2.25. The summed E-state index contributed by atoms with van der Waals surface area (Å²) in [5, 5.41) is 4.31. The van der Waals surface area contributed by atoms with Crippen LogP contribution in [-0.2, 0) is 25.6 Å². The first-order valence-electron chi connectivity index (χ1n) is 9.52. The highest BCUT2D eigenvalue weighted by molar-refractivity contribution is 5.60. The first kappa shape index (κ1) is 16.4. The molecule has 0 radical (unpaired) electrons. The van der Waals surface area contributed by atoms with Crippen LogP contribution in [-0.4, -0.2) is 44.3 Å². The number of hydrogen-bond donors (Lipinski definition) is 0. The third-order valence-corrected chi connectivity index (χ3v) is 5.80. The van der Waals surface area contributed by atoms with Crippen LogP contribution in [0.1, 0.15) is 23.4 Å². The van der Waals surface area contributed by atoms with E-state index in [0.717, 1.165) is 44.8 Å². The van der Waals surface area contributed by atoms with Crippen molar-refractivity contribution in [2.45, 2.75) is 24.9 Å². The van der Waals surface area contributed by atoms with E-state index in [1.165, 1.54) is 16.9 Å². The van der Waals surface area contributed by atoms with Crippen LogP contribution in [0.5, 0.6) is 0 Å². The fourth-order valence-corrected chi connectivity index (χ4v) is 4.64. The minimum Gasteiger partial charge on any atom is -0.363 e. The van der Waals surface area contributed by atoms with Crippen LogP contribution in [0.2, 0.25) is 0 Å². The van der Waals surface area contributed by atoms with Gasteiger partial charge in [0.15, 0.2) is 0 Å². The smallest absolute Gasteiger partial charge is 0.0729 e. The van der Waals surface area contributed by atoms with E-state index in [9.17, 15) is 0 Å². The Kier molecular flexibility index (Phi) is 3.93. The van der Waals surface area contributed by atoms with E-state index in [0.29, 0.717) is 0 Å². The molecule has 0 amide bonds. The number of aromatic nitrogens is 4. The monoisotopic (exact) mass is 360 g/mol. The first-order valence-corrected chi connectivity index (χ1v) is 9.52. The van der Waals surface area contributed by atoms with Crippen molar-refractivity contribution in [2.75, 3.05) is 24.5 Å². The zero-order chi connectivity index (χ0) is 18.3. The van der Waals surface area contributed by atoms with Gasteiger partial charge >= 0.3 is 0 Å². The summed E-state index contributed by atoms with van der Waals surface area (Å²) in [4.78, 5) is 14.3. The summed E-state index contributed by atoms with van der Waals surface area (Å²) in [7, 11) is 1.97. The van der Waals surface area contributed by atoms with Gasteiger partial charge in [-0.2, -0.15) is 5.10 Å². The Morgan fingerprint density at radius 1 is 1.04 bits per heavy atom. The van der Waals surface area contributed by atoms with Crippen LogP contribution in [0.4, 0.5) is 5.69 Å². The molecule has 2 aliphatic rings. The molecule has 1 atom stereocenters. The second-order valence-electron chi connectivity index (χ2n) is 7.81. The van der Waals surface area contributed by atoms with Crippen LogP contribution in [0.3, 0.4) is 0 Å². The Balaban J connectivity index is 1.38. The van der Waals surface area contributed by atoms with Crippen LogP contribution < -0.4 is 4.90 Å². The van der Waals surface area contributed by atoms with E-state index in [-0.39, 0.29) is 5.41 Å². The highest BCUT2D eigenvalue weighted by Gasteiger charge is 2.48. The van der Waals surface area contributed by atoms with Gasteiger partial charge in [-0.15, -0.1) is 0 Å². The van der Waals surface area contributed by atoms with Crippen molar-refractivity contribution in [3.8, 4) is 0 Å². The number of likely N-dealkylation sites (tertiary alicyclic amines) is 1. The number of rotatable bonds is 4. The summed E-state index contributed by atoms with van der Waals surface area (Å²) >= 11 is 0. The Bertz CT molecular complexity index is 937. The molecule has 2 aliphatic heterocycles. The van der Waals surface area contributed by atoms with Crippen molar-refractivity contribution in [2.24, 2.45) is 7.05 Å². The van der Waals surface area contributed by atoms with E-state index < -0.39 is 0 Å². The maximum atomic E-state index is 4.83. The van der Waals surface area contributed by atoms with Gasteiger partial charge in [0.1, 0.15) is 0 Å². The summed E-state index contributed by atoms with van der Waals surface area (Å²) in [5.41, 5.74) is 5.03. The maximum absolute atomic E-state index is 4.83. The molecule has 138 valence electrons. The largest absolute Gasteiger partial charge is 0.363 e. The quantitative estimate of drug-likeness (QED) is 0.715. The summed E-state index contributed by atoms with van der Waals surface area (Å²) in [6, 6.07) is 10.4. The van der Waals surface area contributed by atoms with E-state index in [2.05, 4.69) is 44.3 Å². The van der Waals surface area contributed by atoms with E-state index in [1.54, 1.807) is 0 Å². The van der Waals surface area contributed by atoms with Crippen molar-refractivity contribution >= 4 is 5.69 Å². The molecule has 27 heavy (non-hydrogen) atoms. The predicted molar refractivity (Wildman–Crippen MR) is 104 cm³/mol. The summed E-state index contributed by atoms with van der Waals surface area (Å²) in [5.74, 6) is 0. The molecule has 6 nitrogen and oxygen atoms in total. The van der Waals surface area contributed by atoms with Crippen LogP contribution in [0, 0.1) is 0 Å². The molecular formula is C21H24N6. The van der Waals surface area contributed by atoms with Crippen molar-refractivity contribution in [3.63, 3.8) is 0 Å². The molecule has 0 bridgehead atoms. The van der Waals surface area contributed by atoms with Gasteiger partial charge in [-0.3, -0.25) is 19.5 Å². The fraction of sp³-hybridized carbons (Fsp3) is 0.381. The molecule has 0 N–H and O–H groups in total. The summed E-state index contributed by atoms with van der Waals surface area (Å²) in [6.07, 6.45) is 9.04. The van der Waals surface area contributed by atoms with Gasteiger partial charge in [-0.25, -0.2) is 0 Å². The zero-order valence-corrected chi connectivity index (χ0v) is 15.6. The molecule has 6 heteroatoms. The van der Waals surface area contributed by atoms with E-state index >= 15 is 0 Å². The van der Waals surface area contributed by atoms with Gasteiger partial charge in [0.25, 0.3) is 0 Å². The number of pyridine rings is 2. The number of anilines is 1. The molecule has 3 aromatic rings. The van der Waals surface area contributed by atoms with Gasteiger partial charge in [0.2, 0.25) is 0 Å². The molecule has 1 spiro atoms. The third-order valence-electron chi connectivity index (χ3n) is 5.80. The molecule has 1 saturated heterocycles. The summed E-state index contributed by atoms with van der Waals surface area (Å²) < 4.78 is 1.88. The molecule has 3 aromatic heterocycles. The van der Waals surface area contributed by atoms with Crippen molar-refractivity contribution in [3.05, 3.63) is 72.1 Å². The second kappa shape index (κ2) is 6.46. The Hall–Kier alpha value is -2.73. The van der Waals surface area contributed by atoms with Gasteiger partial charge in [-0.05, 0) is 37.2 Å². The molecular weight excluding hydrogens is 336 g/mol. The van der Waals surface area contributed by atoms with Crippen LogP contribution >= 0.6 is 0 Å². The van der Waals surface area contributed by atoms with Crippen LogP contribution in [0.25, 0.3) is 0 Å². The average molecular weight is 360 g/mol. The van der Waals surface area contributed by atoms with E-state index in [1.807, 2.05) is 42.5 Å². The minimum atomic E-state index is 0.119. The number of aryl methyl sites for hydroxylation is 1. The third kappa shape index (κ3) is 3.00. The second-order valence-corrected chi connectivity index (χ2v) is 7.81. The van der Waals surface area contributed by atoms with E-state index in [4.69, 9.17) is 4.98 Å². The van der Waals surface area contributed by atoms with Gasteiger partial charge in [-0.1, -0.05) is 6.07 Å². The molecule has 5 heterocycles. The highest BCUT2D eigenvalue weighted by atomic mass is 15.3. The summed E-state index contributed by atoms with van der Waals surface area (Å²) in [6.45, 7) is 4.95. The first-order chi connectivity index (χ1) is 13.2. The molecule has 5 rings (SSSR count). The lowest BCUT2D eigenvalue weighted by Crippen LogP contribution is -2.36. The van der Waals surface area contributed by atoms with Crippen molar-refractivity contribution < 1.29 is 0 Å². The number of hydrogen-bond acceptors (Lipinski definition) is 5. The Labute approximate surface area is 159 Å². The molecule has 0 aromatic carbocycles. The molecule has 0 unspecified atom stereocenters. The lowest BCUT2D eigenvalue weighted by atomic mass is 9.85. The van der Waals surface area contributed by atoms with Gasteiger partial charge in [0.05, 0.1) is 29.8 Å². The predicted octanol–water partition coefficient (Wildman–Crippen LogP) is 2.37. The topological polar surface area (TPSA) is 50.1 Å². The number of fused-ring (bicyclic) bond motifs is 2. The minimum absolute atomic E-state index is 0.119. The standard InChI is InChI=1S/C21H24N6/c1-25-12-17(11-24-25)13-26-10-7-21(15-26)16-27(14-18-5-2-3-8-22-18)19-6-4-9-23-20(19)21/h2-6,8-9,11-12H,7,10,13-16H2,1H3/t21-/m1/s1. The highest BCUT2D eigenvalue weighted by Crippen LogP contribution is 2.45.